The molecule has 1 aromatic carbocycles. The summed E-state index contributed by atoms with van der Waals surface area (Å²) in [6.07, 6.45) is 3.54. The molecule has 0 radical (unpaired) electrons. The lowest BCUT2D eigenvalue weighted by Crippen LogP contribution is -2.10. The van der Waals surface area contributed by atoms with Crippen LogP contribution in [0.25, 0.3) is 11.3 Å². The van der Waals surface area contributed by atoms with Gasteiger partial charge in [0.25, 0.3) is 0 Å². The molecule has 6 heteroatoms. The van der Waals surface area contributed by atoms with E-state index in [-0.39, 0.29) is 5.41 Å². The molecule has 27 heavy (non-hydrogen) atoms. The van der Waals surface area contributed by atoms with Crippen molar-refractivity contribution in [1.29, 1.82) is 5.26 Å². The summed E-state index contributed by atoms with van der Waals surface area (Å²) in [4.78, 5) is 9.08. The topological polar surface area (TPSA) is 74.7 Å². The van der Waals surface area contributed by atoms with Gasteiger partial charge in [0.2, 0.25) is 0 Å². The van der Waals surface area contributed by atoms with Crippen LogP contribution in [0, 0.1) is 11.3 Å². The van der Waals surface area contributed by atoms with Crippen molar-refractivity contribution in [2.75, 3.05) is 11.6 Å². The zero-order valence-corrected chi connectivity index (χ0v) is 16.7. The molecule has 3 rings (SSSR count). The van der Waals surface area contributed by atoms with E-state index in [1.54, 1.807) is 6.26 Å². The van der Waals surface area contributed by atoms with E-state index in [1.807, 2.05) is 30.5 Å². The highest BCUT2D eigenvalue weighted by atomic mass is 32.2. The standard InChI is InChI=1S/C21H22N4OS/c1-21(2,3)15-9-7-14(8-10-15)18-17(12-22)19(25-20(24-18)27-4)23-13-16-6-5-11-26-16/h5-11H,13H2,1-4H3,(H,23,24,25). The number of nitrogens with one attached hydrogen (secondary N) is 1. The Morgan fingerprint density at radius 2 is 1.89 bits per heavy atom. The van der Waals surface area contributed by atoms with Crippen molar-refractivity contribution in [1.82, 2.24) is 9.97 Å². The van der Waals surface area contributed by atoms with Gasteiger partial charge in [-0.2, -0.15) is 5.26 Å². The number of thioether (sulfide) groups is 1. The first-order valence-electron chi connectivity index (χ1n) is 8.65. The molecule has 0 atom stereocenters. The van der Waals surface area contributed by atoms with E-state index in [1.165, 1.54) is 17.3 Å². The minimum Gasteiger partial charge on any atom is -0.467 e. The fourth-order valence-corrected chi connectivity index (χ4v) is 3.05. The van der Waals surface area contributed by atoms with Gasteiger partial charge in [0, 0.05) is 5.56 Å². The van der Waals surface area contributed by atoms with Crippen molar-refractivity contribution in [3.63, 3.8) is 0 Å². The Labute approximate surface area is 163 Å². The average molecular weight is 379 g/mol. The summed E-state index contributed by atoms with van der Waals surface area (Å²) < 4.78 is 5.35. The summed E-state index contributed by atoms with van der Waals surface area (Å²) in [5.74, 6) is 1.29. The molecular formula is C21H22N4OS. The van der Waals surface area contributed by atoms with Gasteiger partial charge in [-0.3, -0.25) is 0 Å². The van der Waals surface area contributed by atoms with Crippen LogP contribution in [0.4, 0.5) is 5.82 Å². The summed E-state index contributed by atoms with van der Waals surface area (Å²) in [5.41, 5.74) is 3.28. The first-order valence-corrected chi connectivity index (χ1v) is 9.88. The maximum atomic E-state index is 9.76. The highest BCUT2D eigenvalue weighted by molar-refractivity contribution is 7.98. The average Bonchev–Trinajstić information content (AvgIpc) is 3.18. The lowest BCUT2D eigenvalue weighted by Gasteiger charge is -2.19. The smallest absolute Gasteiger partial charge is 0.189 e. The Morgan fingerprint density at radius 3 is 2.44 bits per heavy atom. The second kappa shape index (κ2) is 7.85. The molecule has 5 nitrogen and oxygen atoms in total. The van der Waals surface area contributed by atoms with E-state index in [0.717, 1.165) is 11.3 Å². The number of nitrogens with zero attached hydrogens (tertiary/aromatic N) is 3. The Balaban J connectivity index is 2.01. The highest BCUT2D eigenvalue weighted by Crippen LogP contribution is 2.30. The van der Waals surface area contributed by atoms with Gasteiger partial charge in [0.05, 0.1) is 18.5 Å². The molecule has 2 aromatic heterocycles. The van der Waals surface area contributed by atoms with Crippen molar-refractivity contribution >= 4 is 17.6 Å². The summed E-state index contributed by atoms with van der Waals surface area (Å²) in [6, 6.07) is 14.2. The number of benzene rings is 1. The molecule has 1 N–H and O–H groups in total. The number of nitriles is 1. The van der Waals surface area contributed by atoms with Crippen LogP contribution in [0.15, 0.2) is 52.2 Å². The van der Waals surface area contributed by atoms with Crippen molar-refractivity contribution in [3.8, 4) is 17.3 Å². The van der Waals surface area contributed by atoms with Crippen LogP contribution in [-0.2, 0) is 12.0 Å². The molecule has 3 aromatic rings. The molecule has 0 aliphatic carbocycles. The summed E-state index contributed by atoms with van der Waals surface area (Å²) in [6.45, 7) is 6.98. The van der Waals surface area contributed by atoms with Crippen LogP contribution in [0.1, 0.15) is 37.7 Å². The number of hydrogen-bond donors (Lipinski definition) is 1. The predicted octanol–water partition coefficient (Wildman–Crippen LogP) is 5.24. The maximum Gasteiger partial charge on any atom is 0.189 e. The molecular weight excluding hydrogens is 356 g/mol. The molecule has 0 bridgehead atoms. The third-order valence-corrected chi connectivity index (χ3v) is 4.77. The zero-order valence-electron chi connectivity index (χ0n) is 15.9. The van der Waals surface area contributed by atoms with Gasteiger partial charge in [-0.15, -0.1) is 0 Å². The largest absolute Gasteiger partial charge is 0.467 e. The predicted molar refractivity (Wildman–Crippen MR) is 109 cm³/mol. The number of furan rings is 1. The van der Waals surface area contributed by atoms with Crippen molar-refractivity contribution in [2.45, 2.75) is 37.9 Å². The van der Waals surface area contributed by atoms with Gasteiger partial charge in [-0.25, -0.2) is 9.97 Å². The van der Waals surface area contributed by atoms with Gasteiger partial charge < -0.3 is 9.73 Å². The Bertz CT molecular complexity index is 952. The van der Waals surface area contributed by atoms with Gasteiger partial charge in [-0.1, -0.05) is 56.8 Å². The number of anilines is 1. The number of hydrogen-bond acceptors (Lipinski definition) is 6. The fraction of sp³-hybridized carbons (Fsp3) is 0.286. The molecule has 0 saturated carbocycles. The van der Waals surface area contributed by atoms with Crippen molar-refractivity contribution in [2.24, 2.45) is 0 Å². The lowest BCUT2D eigenvalue weighted by atomic mass is 9.86. The molecule has 0 unspecified atom stereocenters. The van der Waals surface area contributed by atoms with Gasteiger partial charge in [-0.05, 0) is 29.4 Å². The van der Waals surface area contributed by atoms with Crippen LogP contribution >= 0.6 is 11.8 Å². The molecule has 138 valence electrons. The molecule has 2 heterocycles. The van der Waals surface area contributed by atoms with E-state index in [9.17, 15) is 5.26 Å². The van der Waals surface area contributed by atoms with E-state index >= 15 is 0 Å². The zero-order chi connectivity index (χ0) is 19.4. The van der Waals surface area contributed by atoms with Crippen molar-refractivity contribution < 1.29 is 4.42 Å². The van der Waals surface area contributed by atoms with Crippen LogP contribution in [0.5, 0.6) is 0 Å². The van der Waals surface area contributed by atoms with Gasteiger partial charge in [0.1, 0.15) is 23.2 Å². The Kier molecular flexibility index (Phi) is 5.52. The molecule has 0 saturated heterocycles. The number of aromatic nitrogens is 2. The third kappa shape index (κ3) is 4.32. The monoisotopic (exact) mass is 378 g/mol. The summed E-state index contributed by atoms with van der Waals surface area (Å²) in [7, 11) is 0. The first-order chi connectivity index (χ1) is 12.9. The van der Waals surface area contributed by atoms with Crippen LogP contribution < -0.4 is 5.32 Å². The van der Waals surface area contributed by atoms with Crippen LogP contribution in [0.3, 0.4) is 0 Å². The lowest BCUT2D eigenvalue weighted by molar-refractivity contribution is 0.517. The fourth-order valence-electron chi connectivity index (χ4n) is 2.69. The number of rotatable bonds is 5. The minimum atomic E-state index is 0.0719. The van der Waals surface area contributed by atoms with Gasteiger partial charge in [0.15, 0.2) is 5.16 Å². The highest BCUT2D eigenvalue weighted by Gasteiger charge is 2.18. The SMILES string of the molecule is CSc1nc(NCc2ccco2)c(C#N)c(-c2ccc(C(C)(C)C)cc2)n1. The van der Waals surface area contributed by atoms with Crippen LogP contribution in [-0.4, -0.2) is 16.2 Å². The van der Waals surface area contributed by atoms with E-state index in [4.69, 9.17) is 4.42 Å². The molecule has 0 amide bonds. The summed E-state index contributed by atoms with van der Waals surface area (Å²) >= 11 is 1.45. The second-order valence-corrected chi connectivity index (χ2v) is 7.93. The second-order valence-electron chi connectivity index (χ2n) is 7.15. The van der Waals surface area contributed by atoms with E-state index in [0.29, 0.717) is 28.8 Å². The summed E-state index contributed by atoms with van der Waals surface area (Å²) in [5, 5.41) is 13.6. The van der Waals surface area contributed by atoms with Crippen molar-refractivity contribution in [3.05, 3.63) is 59.5 Å². The molecule has 0 spiro atoms. The maximum absolute atomic E-state index is 9.76. The van der Waals surface area contributed by atoms with E-state index in [2.05, 4.69) is 54.3 Å². The minimum absolute atomic E-state index is 0.0719. The molecule has 0 aliphatic rings. The van der Waals surface area contributed by atoms with E-state index < -0.39 is 0 Å². The van der Waals surface area contributed by atoms with Crippen LogP contribution in [0.2, 0.25) is 0 Å². The third-order valence-electron chi connectivity index (χ3n) is 4.22. The molecule has 0 fully saturated rings. The Morgan fingerprint density at radius 1 is 1.15 bits per heavy atom. The normalized spacial score (nSPS) is 11.2. The molecule has 0 aliphatic heterocycles. The quantitative estimate of drug-likeness (QED) is 0.483. The Hall–Kier alpha value is -2.78. The first kappa shape index (κ1) is 19.0. The van der Waals surface area contributed by atoms with Gasteiger partial charge >= 0.3 is 0 Å².